The molecule has 0 spiro atoms. The van der Waals surface area contributed by atoms with E-state index in [2.05, 4.69) is 9.97 Å². The molecule has 1 heterocycles. The van der Waals surface area contributed by atoms with Gasteiger partial charge in [-0.25, -0.2) is 9.78 Å². The molecule has 1 fully saturated rings. The van der Waals surface area contributed by atoms with Crippen molar-refractivity contribution in [3.63, 3.8) is 0 Å². The maximum absolute atomic E-state index is 12.2. The predicted octanol–water partition coefficient (Wildman–Crippen LogP) is 2.85. The Morgan fingerprint density at radius 3 is 2.40 bits per heavy atom. The predicted molar refractivity (Wildman–Crippen MR) is 95.0 cm³/mol. The van der Waals surface area contributed by atoms with Crippen molar-refractivity contribution in [3.8, 4) is 0 Å². The van der Waals surface area contributed by atoms with Crippen LogP contribution >= 0.6 is 0 Å². The van der Waals surface area contributed by atoms with Gasteiger partial charge in [0.15, 0.2) is 0 Å². The number of aryl methyl sites for hydroxylation is 1. The number of aromatic amines is 1. The molecule has 1 N–H and O–H groups in total. The summed E-state index contributed by atoms with van der Waals surface area (Å²) >= 11 is 0. The Labute approximate surface area is 149 Å². The highest BCUT2D eigenvalue weighted by atomic mass is 16.6. The molecule has 0 saturated heterocycles. The standard InChI is InChI=1S/C18H30N4O3/c1-13-19-10-14(20-13)11-22(12-23)16-8-6-15(7-9-16)21(5)17(24)25-18(2,3)4/h10,12,15-16H,6-9,11H2,1-5H3,(H,19,20). The van der Waals surface area contributed by atoms with Crippen LogP contribution in [0.15, 0.2) is 6.20 Å². The second kappa shape index (κ2) is 7.89. The molecular weight excluding hydrogens is 320 g/mol. The first-order chi connectivity index (χ1) is 11.7. The van der Waals surface area contributed by atoms with Gasteiger partial charge in [-0.05, 0) is 53.4 Å². The van der Waals surface area contributed by atoms with E-state index in [4.69, 9.17) is 4.74 Å². The molecule has 0 bridgehead atoms. The lowest BCUT2D eigenvalue weighted by Gasteiger charge is -2.38. The molecule has 2 rings (SSSR count). The summed E-state index contributed by atoms with van der Waals surface area (Å²) in [6.07, 6.45) is 5.90. The van der Waals surface area contributed by atoms with Crippen LogP contribution in [0.2, 0.25) is 0 Å². The molecule has 1 aliphatic carbocycles. The number of hydrogen-bond donors (Lipinski definition) is 1. The Morgan fingerprint density at radius 1 is 1.32 bits per heavy atom. The number of hydrogen-bond acceptors (Lipinski definition) is 4. The number of rotatable bonds is 5. The highest BCUT2D eigenvalue weighted by molar-refractivity contribution is 5.68. The van der Waals surface area contributed by atoms with Gasteiger partial charge in [0.05, 0.1) is 18.4 Å². The minimum atomic E-state index is -0.487. The summed E-state index contributed by atoms with van der Waals surface area (Å²) in [4.78, 5) is 34.6. The molecule has 0 aromatic carbocycles. The third-order valence-corrected chi connectivity index (χ3v) is 4.61. The third-order valence-electron chi connectivity index (χ3n) is 4.61. The number of ether oxygens (including phenoxy) is 1. The summed E-state index contributed by atoms with van der Waals surface area (Å²) in [6.45, 7) is 8.05. The number of carbonyl (C=O) groups is 2. The average Bonchev–Trinajstić information content (AvgIpc) is 2.95. The van der Waals surface area contributed by atoms with Crippen LogP contribution in [0.4, 0.5) is 4.79 Å². The number of nitrogens with one attached hydrogen (secondary N) is 1. The van der Waals surface area contributed by atoms with Gasteiger partial charge in [-0.1, -0.05) is 0 Å². The molecule has 0 radical (unpaired) electrons. The van der Waals surface area contributed by atoms with E-state index in [1.807, 2.05) is 32.6 Å². The highest BCUT2D eigenvalue weighted by Crippen LogP contribution is 2.27. The van der Waals surface area contributed by atoms with Crippen molar-refractivity contribution in [2.24, 2.45) is 0 Å². The maximum atomic E-state index is 12.2. The van der Waals surface area contributed by atoms with Crippen molar-refractivity contribution in [1.29, 1.82) is 0 Å². The van der Waals surface area contributed by atoms with Crippen molar-refractivity contribution in [3.05, 3.63) is 17.7 Å². The van der Waals surface area contributed by atoms with Crippen molar-refractivity contribution in [2.45, 2.75) is 77.6 Å². The van der Waals surface area contributed by atoms with Crippen molar-refractivity contribution >= 4 is 12.5 Å². The van der Waals surface area contributed by atoms with E-state index in [1.54, 1.807) is 18.1 Å². The van der Waals surface area contributed by atoms with Crippen LogP contribution in [0.5, 0.6) is 0 Å². The first kappa shape index (κ1) is 19.3. The molecule has 7 heteroatoms. The van der Waals surface area contributed by atoms with Crippen LogP contribution in [0.1, 0.15) is 58.0 Å². The Morgan fingerprint density at radius 2 is 1.92 bits per heavy atom. The smallest absolute Gasteiger partial charge is 0.410 e. The van der Waals surface area contributed by atoms with Gasteiger partial charge in [0.25, 0.3) is 0 Å². The SMILES string of the molecule is Cc1ncc(CN(C=O)C2CCC(N(C)C(=O)OC(C)(C)C)CC2)[nH]1. The lowest BCUT2D eigenvalue weighted by molar-refractivity contribution is -0.121. The monoisotopic (exact) mass is 350 g/mol. The number of imidazole rings is 1. The minimum Gasteiger partial charge on any atom is -0.444 e. The summed E-state index contributed by atoms with van der Waals surface area (Å²) in [7, 11) is 1.80. The second-order valence-electron chi connectivity index (χ2n) is 7.83. The van der Waals surface area contributed by atoms with Gasteiger partial charge in [0.1, 0.15) is 11.4 Å². The highest BCUT2D eigenvalue weighted by Gasteiger charge is 2.31. The fourth-order valence-corrected chi connectivity index (χ4v) is 3.26. The number of carbonyl (C=O) groups excluding carboxylic acids is 2. The first-order valence-electron chi connectivity index (χ1n) is 8.87. The fraction of sp³-hybridized carbons (Fsp3) is 0.722. The van der Waals surface area contributed by atoms with Crippen molar-refractivity contribution < 1.29 is 14.3 Å². The quantitative estimate of drug-likeness (QED) is 0.828. The maximum Gasteiger partial charge on any atom is 0.410 e. The number of aromatic nitrogens is 2. The van der Waals surface area contributed by atoms with Gasteiger partial charge in [-0.2, -0.15) is 0 Å². The number of amides is 2. The van der Waals surface area contributed by atoms with Gasteiger partial charge in [-0.15, -0.1) is 0 Å². The van der Waals surface area contributed by atoms with Crippen molar-refractivity contribution in [1.82, 2.24) is 19.8 Å². The van der Waals surface area contributed by atoms with Crippen LogP contribution in [-0.2, 0) is 16.1 Å². The first-order valence-corrected chi connectivity index (χ1v) is 8.87. The Balaban J connectivity index is 1.87. The van der Waals surface area contributed by atoms with Crippen LogP contribution in [0.3, 0.4) is 0 Å². The molecule has 25 heavy (non-hydrogen) atoms. The van der Waals surface area contributed by atoms with Crippen LogP contribution in [-0.4, -0.2) is 57.0 Å². The Bertz CT molecular complexity index is 585. The van der Waals surface area contributed by atoms with Crippen molar-refractivity contribution in [2.75, 3.05) is 7.05 Å². The van der Waals surface area contributed by atoms with Gasteiger partial charge < -0.3 is 19.5 Å². The zero-order chi connectivity index (χ0) is 18.6. The van der Waals surface area contributed by atoms with E-state index in [1.165, 1.54) is 0 Å². The van der Waals surface area contributed by atoms with Gasteiger partial charge in [0, 0.05) is 19.1 Å². The van der Waals surface area contributed by atoms with E-state index in [-0.39, 0.29) is 18.2 Å². The number of nitrogens with zero attached hydrogens (tertiary/aromatic N) is 3. The van der Waals surface area contributed by atoms with Gasteiger partial charge in [-0.3, -0.25) is 4.79 Å². The van der Waals surface area contributed by atoms with Gasteiger partial charge in [0.2, 0.25) is 6.41 Å². The van der Waals surface area contributed by atoms with E-state index in [9.17, 15) is 9.59 Å². The van der Waals surface area contributed by atoms with E-state index in [0.29, 0.717) is 6.54 Å². The molecule has 1 saturated carbocycles. The second-order valence-corrected chi connectivity index (χ2v) is 7.83. The summed E-state index contributed by atoms with van der Waals surface area (Å²) in [5, 5.41) is 0. The molecule has 1 aliphatic rings. The van der Waals surface area contributed by atoms with Crippen LogP contribution in [0, 0.1) is 6.92 Å². The zero-order valence-corrected chi connectivity index (χ0v) is 15.9. The van der Waals surface area contributed by atoms with Crippen LogP contribution < -0.4 is 0 Å². The average molecular weight is 350 g/mol. The minimum absolute atomic E-state index is 0.161. The lowest BCUT2D eigenvalue weighted by atomic mass is 9.89. The topological polar surface area (TPSA) is 78.5 Å². The summed E-state index contributed by atoms with van der Waals surface area (Å²) in [5.41, 5.74) is 0.455. The summed E-state index contributed by atoms with van der Waals surface area (Å²) < 4.78 is 5.44. The number of H-pyrrole nitrogens is 1. The summed E-state index contributed by atoms with van der Waals surface area (Å²) in [5.74, 6) is 0.851. The molecule has 140 valence electrons. The van der Waals surface area contributed by atoms with Gasteiger partial charge >= 0.3 is 6.09 Å². The van der Waals surface area contributed by atoms with Crippen LogP contribution in [0.25, 0.3) is 0 Å². The van der Waals surface area contributed by atoms with E-state index in [0.717, 1.165) is 43.6 Å². The van der Waals surface area contributed by atoms with E-state index < -0.39 is 5.60 Å². The molecule has 1 aromatic heterocycles. The third kappa shape index (κ3) is 5.47. The molecule has 1 aromatic rings. The van der Waals surface area contributed by atoms with E-state index >= 15 is 0 Å². The lowest BCUT2D eigenvalue weighted by Crippen LogP contribution is -2.45. The Kier molecular flexibility index (Phi) is 6.08. The molecule has 0 atom stereocenters. The largest absolute Gasteiger partial charge is 0.444 e. The fourth-order valence-electron chi connectivity index (χ4n) is 3.26. The molecule has 0 aliphatic heterocycles. The normalized spacial score (nSPS) is 20.8. The molecule has 2 amide bonds. The zero-order valence-electron chi connectivity index (χ0n) is 15.9. The molecular formula is C18H30N4O3. The summed E-state index contributed by atoms with van der Waals surface area (Å²) in [6, 6.07) is 0.360. The molecule has 7 nitrogen and oxygen atoms in total. The Hall–Kier alpha value is -2.05. The molecule has 0 unspecified atom stereocenters.